The highest BCUT2D eigenvalue weighted by atomic mass is 15.1. The number of nitrogens with zero attached hydrogens (tertiary/aromatic N) is 1. The van der Waals surface area contributed by atoms with Crippen molar-refractivity contribution in [2.45, 2.75) is 58.0 Å². The smallest absolute Gasteiger partial charge is 0.329 e. The molecule has 0 radical (unpaired) electrons. The fourth-order valence-corrected chi connectivity index (χ4v) is 12.9. The molecule has 12 aromatic rings. The molecule has 1 fully saturated rings. The van der Waals surface area contributed by atoms with E-state index in [9.17, 15) is 0 Å². The zero-order valence-electron chi connectivity index (χ0n) is 44.4. The lowest BCUT2D eigenvalue weighted by Crippen LogP contribution is -2.59. The van der Waals surface area contributed by atoms with Crippen LogP contribution in [0.25, 0.3) is 87.6 Å². The summed E-state index contributed by atoms with van der Waals surface area (Å²) in [5, 5.41) is 17.6. The van der Waals surface area contributed by atoms with Gasteiger partial charge in [-0.2, -0.15) is 0 Å². The number of benzene rings is 12. The number of rotatable bonds is 4. The highest BCUT2D eigenvalue weighted by molar-refractivity contribution is 6.93. The SMILES string of the molecule is CC1(C)CCCC(C)(C)N1.c1ccc(-c2ccc3ccccc3c2Nc2c(-c3ccccc3)ccc3ccccc23)cc1.c1ccc2c(c1)B1c3ccccc3-c3ccc4ccccc4c3N1c1c-2ccc2ccccc12. The maximum atomic E-state index is 3.92. The molecule has 4 heteroatoms. The third-order valence-corrected chi connectivity index (χ3v) is 16.2. The van der Waals surface area contributed by atoms with Gasteiger partial charge < -0.3 is 15.4 Å². The number of fused-ring (bicyclic) bond motifs is 17. The molecule has 0 aromatic heterocycles. The summed E-state index contributed by atoms with van der Waals surface area (Å²) in [6.07, 6.45) is 4.00. The Morgan fingerprint density at radius 1 is 0.338 bits per heavy atom. The van der Waals surface area contributed by atoms with Crippen molar-refractivity contribution >= 4 is 83.6 Å². The van der Waals surface area contributed by atoms with Gasteiger partial charge in [-0.05, 0) is 102 Å². The van der Waals surface area contributed by atoms with Gasteiger partial charge in [0, 0.05) is 66.3 Å². The summed E-state index contributed by atoms with van der Waals surface area (Å²) < 4.78 is 0. The van der Waals surface area contributed by atoms with Crippen LogP contribution >= 0.6 is 0 Å². The molecule has 3 nitrogen and oxygen atoms in total. The van der Waals surface area contributed by atoms with Gasteiger partial charge in [-0.25, -0.2) is 0 Å². The van der Waals surface area contributed by atoms with Crippen LogP contribution in [0.15, 0.2) is 255 Å². The van der Waals surface area contributed by atoms with Crippen molar-refractivity contribution in [3.63, 3.8) is 0 Å². The van der Waals surface area contributed by atoms with Crippen LogP contribution in [0.1, 0.15) is 47.0 Å². The van der Waals surface area contributed by atoms with Gasteiger partial charge in [0.25, 0.3) is 0 Å². The average Bonchev–Trinajstić information content (AvgIpc) is 3.52. The van der Waals surface area contributed by atoms with Gasteiger partial charge in [0.2, 0.25) is 0 Å². The van der Waals surface area contributed by atoms with Crippen molar-refractivity contribution < 1.29 is 0 Å². The van der Waals surface area contributed by atoms with E-state index in [0.717, 1.165) is 11.4 Å². The summed E-state index contributed by atoms with van der Waals surface area (Å²) in [7, 11) is 0. The monoisotopic (exact) mass is 992 g/mol. The van der Waals surface area contributed by atoms with Gasteiger partial charge in [0.15, 0.2) is 0 Å². The molecule has 3 heterocycles. The van der Waals surface area contributed by atoms with E-state index in [0.29, 0.717) is 11.1 Å². The molecule has 77 heavy (non-hydrogen) atoms. The van der Waals surface area contributed by atoms with Crippen LogP contribution in [0.4, 0.5) is 22.7 Å². The number of anilines is 4. The van der Waals surface area contributed by atoms with Crippen molar-refractivity contribution in [2.24, 2.45) is 0 Å². The number of nitrogens with one attached hydrogen (secondary N) is 2. The van der Waals surface area contributed by atoms with E-state index < -0.39 is 0 Å². The van der Waals surface area contributed by atoms with Crippen molar-refractivity contribution in [3.8, 4) is 44.5 Å². The fourth-order valence-electron chi connectivity index (χ4n) is 12.9. The summed E-state index contributed by atoms with van der Waals surface area (Å²) in [4.78, 5) is 2.64. The van der Waals surface area contributed by atoms with Crippen LogP contribution in [0.5, 0.6) is 0 Å². The minimum absolute atomic E-state index is 0.129. The number of hydrogen-bond donors (Lipinski definition) is 2. The van der Waals surface area contributed by atoms with Crippen molar-refractivity contribution in [2.75, 3.05) is 10.1 Å². The second kappa shape index (κ2) is 19.8. The van der Waals surface area contributed by atoms with Gasteiger partial charge in [-0.3, -0.25) is 0 Å². The summed E-state index contributed by atoms with van der Waals surface area (Å²) in [5.41, 5.74) is 18.4. The number of piperidine rings is 1. The predicted octanol–water partition coefficient (Wildman–Crippen LogP) is 18.3. The van der Waals surface area contributed by atoms with Crippen LogP contribution < -0.4 is 26.4 Å². The lowest BCUT2D eigenvalue weighted by atomic mass is 9.43. The van der Waals surface area contributed by atoms with Gasteiger partial charge in [-0.1, -0.05) is 255 Å². The molecule has 3 aliphatic heterocycles. The van der Waals surface area contributed by atoms with E-state index in [1.54, 1.807) is 0 Å². The molecule has 0 saturated carbocycles. The average molecular weight is 992 g/mol. The minimum atomic E-state index is 0.129. The Morgan fingerprint density at radius 3 is 1.08 bits per heavy atom. The first-order chi connectivity index (χ1) is 37.7. The van der Waals surface area contributed by atoms with E-state index in [2.05, 4.69) is 298 Å². The van der Waals surface area contributed by atoms with E-state index in [-0.39, 0.29) is 6.85 Å². The quantitative estimate of drug-likeness (QED) is 0.172. The number of hydrogen-bond acceptors (Lipinski definition) is 3. The van der Waals surface area contributed by atoms with E-state index in [4.69, 9.17) is 0 Å². The normalized spacial score (nSPS) is 14.4. The lowest BCUT2D eigenvalue weighted by Gasteiger charge is -2.44. The van der Waals surface area contributed by atoms with Crippen molar-refractivity contribution in [1.29, 1.82) is 0 Å². The zero-order chi connectivity index (χ0) is 52.1. The molecule has 12 aromatic carbocycles. The summed E-state index contributed by atoms with van der Waals surface area (Å²) in [5.74, 6) is 0. The molecule has 0 unspecified atom stereocenters. The largest absolute Gasteiger partial charge is 0.375 e. The van der Waals surface area contributed by atoms with Gasteiger partial charge in [0.1, 0.15) is 0 Å². The highest BCUT2D eigenvalue weighted by Gasteiger charge is 2.43. The molecule has 0 atom stereocenters. The molecule has 1 saturated heterocycles. The van der Waals surface area contributed by atoms with Gasteiger partial charge in [-0.15, -0.1) is 0 Å². The van der Waals surface area contributed by atoms with Crippen LogP contribution in [0.2, 0.25) is 0 Å². The maximum Gasteiger partial charge on any atom is 0.329 e. The molecular formula is C73H62BN3. The second-order valence-corrected chi connectivity index (χ2v) is 22.3. The molecule has 2 N–H and O–H groups in total. The fraction of sp³-hybridized carbons (Fsp3) is 0.123. The van der Waals surface area contributed by atoms with E-state index in [1.165, 1.54) is 129 Å². The molecule has 0 spiro atoms. The zero-order valence-corrected chi connectivity index (χ0v) is 44.4. The molecule has 0 amide bonds. The first kappa shape index (κ1) is 48.0. The van der Waals surface area contributed by atoms with E-state index in [1.807, 2.05) is 0 Å². The predicted molar refractivity (Wildman–Crippen MR) is 333 cm³/mol. The second-order valence-electron chi connectivity index (χ2n) is 22.3. The Hall–Kier alpha value is -8.70. The first-order valence-electron chi connectivity index (χ1n) is 27.4. The third-order valence-electron chi connectivity index (χ3n) is 16.2. The van der Waals surface area contributed by atoms with Crippen LogP contribution in [-0.2, 0) is 0 Å². The van der Waals surface area contributed by atoms with Crippen LogP contribution in [0, 0.1) is 0 Å². The third kappa shape index (κ3) is 8.93. The molecule has 0 bridgehead atoms. The summed E-state index contributed by atoms with van der Waals surface area (Å²) >= 11 is 0. The lowest BCUT2D eigenvalue weighted by molar-refractivity contribution is 0.183. The van der Waals surface area contributed by atoms with E-state index >= 15 is 0 Å². The van der Waals surface area contributed by atoms with Crippen molar-refractivity contribution in [3.05, 3.63) is 255 Å². The summed E-state index contributed by atoms with van der Waals surface area (Å²) in [6.45, 7) is 9.27. The maximum absolute atomic E-state index is 3.92. The molecular weight excluding hydrogens is 930 g/mol. The highest BCUT2D eigenvalue weighted by Crippen LogP contribution is 2.51. The molecule has 15 rings (SSSR count). The van der Waals surface area contributed by atoms with Crippen molar-refractivity contribution in [1.82, 2.24) is 5.32 Å². The van der Waals surface area contributed by atoms with Gasteiger partial charge in [0.05, 0.1) is 11.4 Å². The molecule has 372 valence electrons. The Kier molecular flexibility index (Phi) is 12.3. The Morgan fingerprint density at radius 2 is 0.675 bits per heavy atom. The Balaban J connectivity index is 0.000000125. The summed E-state index contributed by atoms with van der Waals surface area (Å²) in [6, 6.07) is 92.1. The standard InChI is InChI=1S/C32H20BN.C32H23N.C9H19N/c1-3-11-23-21(9-1)17-19-27-25-13-5-7-15-29(25)33-30-16-8-6-14-26(30)28-20-18-22-10-2-4-12-24(22)32(28)34(33)31(23)27;1-3-11-23(12-4-1)29-21-19-25-15-7-9-17-27(25)31(29)33-32-28-18-10-8-16-26(28)20-22-30(32)24-13-5-2-6-14-24;1-8(2)6-5-7-9(3,4)10-8/h1-20H;1-22,33H;10H,5-7H2,1-4H3. The van der Waals surface area contributed by atoms with Crippen LogP contribution in [0.3, 0.4) is 0 Å². The molecule has 0 aliphatic carbocycles. The Bertz CT molecular complexity index is 3900. The molecule has 3 aliphatic rings. The Labute approximate surface area is 454 Å². The van der Waals surface area contributed by atoms with Gasteiger partial charge >= 0.3 is 6.85 Å². The minimum Gasteiger partial charge on any atom is -0.375 e. The van der Waals surface area contributed by atoms with Crippen LogP contribution in [-0.4, -0.2) is 17.9 Å². The first-order valence-corrected chi connectivity index (χ1v) is 27.4. The topological polar surface area (TPSA) is 27.3 Å².